The lowest BCUT2D eigenvalue weighted by molar-refractivity contribution is -0.128. The van der Waals surface area contributed by atoms with Gasteiger partial charge in [0.05, 0.1) is 12.9 Å². The van der Waals surface area contributed by atoms with Gasteiger partial charge in [-0.25, -0.2) is 0 Å². The number of aromatic nitrogens is 3. The van der Waals surface area contributed by atoms with Gasteiger partial charge in [-0.05, 0) is 31.2 Å². The molecule has 1 aliphatic rings. The monoisotopic (exact) mass is 423 g/mol. The standard InChI is InChI=1S/C22H25N5O2S/c1-17-6-8-18(9-7-17)27-16-23-24-22(27)30-15-21(28)26-12-10-25(11-13-26)19-4-3-5-20(14-19)29-2/h3-9,14,16H,10-13,15H2,1-2H3. The Balaban J connectivity index is 1.32. The number of nitrogens with zero attached hydrogens (tertiary/aromatic N) is 5. The molecule has 1 saturated heterocycles. The highest BCUT2D eigenvalue weighted by atomic mass is 32.2. The predicted octanol–water partition coefficient (Wildman–Crippen LogP) is 3.03. The minimum atomic E-state index is 0.128. The number of anilines is 1. The van der Waals surface area contributed by atoms with E-state index in [2.05, 4.69) is 40.2 Å². The molecule has 1 fully saturated rings. The van der Waals surface area contributed by atoms with Crippen molar-refractivity contribution in [2.24, 2.45) is 0 Å². The summed E-state index contributed by atoms with van der Waals surface area (Å²) in [5, 5.41) is 8.93. The summed E-state index contributed by atoms with van der Waals surface area (Å²) in [6.45, 7) is 5.09. The quantitative estimate of drug-likeness (QED) is 0.568. The first kappa shape index (κ1) is 20.3. The Labute approximate surface area is 180 Å². The van der Waals surface area contributed by atoms with Gasteiger partial charge in [0.2, 0.25) is 5.91 Å². The number of aryl methyl sites for hydroxylation is 1. The van der Waals surface area contributed by atoms with Gasteiger partial charge in [0.1, 0.15) is 12.1 Å². The van der Waals surface area contributed by atoms with Gasteiger partial charge >= 0.3 is 0 Å². The largest absolute Gasteiger partial charge is 0.497 e. The third-order valence-electron chi connectivity index (χ3n) is 5.20. The molecule has 0 radical (unpaired) electrons. The van der Waals surface area contributed by atoms with Crippen molar-refractivity contribution in [1.82, 2.24) is 19.7 Å². The van der Waals surface area contributed by atoms with Crippen LogP contribution in [0.25, 0.3) is 5.69 Å². The van der Waals surface area contributed by atoms with E-state index in [0.717, 1.165) is 35.4 Å². The first-order chi connectivity index (χ1) is 14.6. The Bertz CT molecular complexity index is 997. The van der Waals surface area contributed by atoms with E-state index >= 15 is 0 Å². The van der Waals surface area contributed by atoms with Gasteiger partial charge in [0, 0.05) is 43.6 Å². The molecule has 30 heavy (non-hydrogen) atoms. The maximum Gasteiger partial charge on any atom is 0.233 e. The number of benzene rings is 2. The molecular formula is C22H25N5O2S. The molecule has 156 valence electrons. The van der Waals surface area contributed by atoms with Crippen molar-refractivity contribution in [1.29, 1.82) is 0 Å². The molecule has 0 bridgehead atoms. The number of piperazine rings is 1. The van der Waals surface area contributed by atoms with Crippen molar-refractivity contribution in [2.75, 3.05) is 43.9 Å². The van der Waals surface area contributed by atoms with Crippen LogP contribution in [0.1, 0.15) is 5.56 Å². The van der Waals surface area contributed by atoms with Crippen LogP contribution in [0.2, 0.25) is 0 Å². The van der Waals surface area contributed by atoms with Crippen LogP contribution in [-0.4, -0.2) is 64.6 Å². The lowest BCUT2D eigenvalue weighted by atomic mass is 10.2. The third-order valence-corrected chi connectivity index (χ3v) is 6.13. The number of thioether (sulfide) groups is 1. The molecule has 3 aromatic rings. The summed E-state index contributed by atoms with van der Waals surface area (Å²) in [4.78, 5) is 17.0. The molecule has 0 saturated carbocycles. The van der Waals surface area contributed by atoms with E-state index in [1.165, 1.54) is 17.3 Å². The van der Waals surface area contributed by atoms with Crippen molar-refractivity contribution in [2.45, 2.75) is 12.1 Å². The number of amides is 1. The number of carbonyl (C=O) groups excluding carboxylic acids is 1. The highest BCUT2D eigenvalue weighted by molar-refractivity contribution is 7.99. The Kier molecular flexibility index (Phi) is 6.23. The molecule has 0 spiro atoms. The molecular weight excluding hydrogens is 398 g/mol. The number of methoxy groups -OCH3 is 1. The van der Waals surface area contributed by atoms with E-state index in [1.807, 2.05) is 39.8 Å². The topological polar surface area (TPSA) is 63.5 Å². The molecule has 1 aliphatic heterocycles. The van der Waals surface area contributed by atoms with Gasteiger partial charge < -0.3 is 14.5 Å². The molecule has 8 heteroatoms. The molecule has 2 heterocycles. The number of hydrogen-bond donors (Lipinski definition) is 0. The van der Waals surface area contributed by atoms with E-state index < -0.39 is 0 Å². The van der Waals surface area contributed by atoms with E-state index in [0.29, 0.717) is 18.8 Å². The zero-order valence-electron chi connectivity index (χ0n) is 17.2. The summed E-state index contributed by atoms with van der Waals surface area (Å²) < 4.78 is 7.23. The molecule has 0 aliphatic carbocycles. The van der Waals surface area contributed by atoms with Gasteiger partial charge in [-0.2, -0.15) is 0 Å². The molecule has 0 unspecified atom stereocenters. The highest BCUT2D eigenvalue weighted by Gasteiger charge is 2.22. The van der Waals surface area contributed by atoms with Crippen LogP contribution in [0.5, 0.6) is 5.75 Å². The molecule has 0 N–H and O–H groups in total. The zero-order valence-corrected chi connectivity index (χ0v) is 18.0. The molecule has 1 aromatic heterocycles. The fourth-order valence-corrected chi connectivity index (χ4v) is 4.28. The molecule has 7 nitrogen and oxygen atoms in total. The number of ether oxygens (including phenoxy) is 1. The van der Waals surface area contributed by atoms with Crippen molar-refractivity contribution < 1.29 is 9.53 Å². The maximum atomic E-state index is 12.7. The minimum Gasteiger partial charge on any atom is -0.497 e. The van der Waals surface area contributed by atoms with Crippen molar-refractivity contribution in [3.05, 3.63) is 60.4 Å². The van der Waals surface area contributed by atoms with Gasteiger partial charge in [-0.15, -0.1) is 10.2 Å². The van der Waals surface area contributed by atoms with E-state index in [4.69, 9.17) is 4.74 Å². The minimum absolute atomic E-state index is 0.128. The SMILES string of the molecule is COc1cccc(N2CCN(C(=O)CSc3nncn3-c3ccc(C)cc3)CC2)c1. The number of carbonyl (C=O) groups is 1. The maximum absolute atomic E-state index is 12.7. The van der Waals surface area contributed by atoms with E-state index in [1.54, 1.807) is 13.4 Å². The van der Waals surface area contributed by atoms with Gasteiger partial charge in [-0.3, -0.25) is 9.36 Å². The fraction of sp³-hybridized carbons (Fsp3) is 0.318. The van der Waals surface area contributed by atoms with Gasteiger partial charge in [-0.1, -0.05) is 35.5 Å². The second-order valence-corrected chi connectivity index (χ2v) is 8.12. The highest BCUT2D eigenvalue weighted by Crippen LogP contribution is 2.23. The average molecular weight is 424 g/mol. The van der Waals surface area contributed by atoms with Crippen LogP contribution in [-0.2, 0) is 4.79 Å². The molecule has 1 amide bonds. The summed E-state index contributed by atoms with van der Waals surface area (Å²) in [7, 11) is 1.67. The summed E-state index contributed by atoms with van der Waals surface area (Å²) in [6.07, 6.45) is 1.68. The Hall–Kier alpha value is -3.00. The lowest BCUT2D eigenvalue weighted by Gasteiger charge is -2.36. The summed E-state index contributed by atoms with van der Waals surface area (Å²) in [5.74, 6) is 1.33. The second-order valence-electron chi connectivity index (χ2n) is 7.18. The van der Waals surface area contributed by atoms with Gasteiger partial charge in [0.25, 0.3) is 0 Å². The number of hydrogen-bond acceptors (Lipinski definition) is 6. The summed E-state index contributed by atoms with van der Waals surface area (Å²) in [5.41, 5.74) is 3.32. The molecule has 4 rings (SSSR count). The van der Waals surface area contributed by atoms with Crippen LogP contribution in [0.3, 0.4) is 0 Å². The Morgan fingerprint density at radius 2 is 1.83 bits per heavy atom. The van der Waals surface area contributed by atoms with Crippen molar-refractivity contribution in [3.63, 3.8) is 0 Å². The lowest BCUT2D eigenvalue weighted by Crippen LogP contribution is -2.49. The molecule has 2 aromatic carbocycles. The molecule has 0 atom stereocenters. The van der Waals surface area contributed by atoms with Crippen LogP contribution < -0.4 is 9.64 Å². The average Bonchev–Trinajstić information content (AvgIpc) is 3.27. The van der Waals surface area contributed by atoms with Crippen LogP contribution in [0.4, 0.5) is 5.69 Å². The van der Waals surface area contributed by atoms with E-state index in [9.17, 15) is 4.79 Å². The normalized spacial score (nSPS) is 14.1. The Morgan fingerprint density at radius 1 is 1.07 bits per heavy atom. The zero-order chi connectivity index (χ0) is 20.9. The summed E-state index contributed by atoms with van der Waals surface area (Å²) in [6, 6.07) is 16.2. The summed E-state index contributed by atoms with van der Waals surface area (Å²) >= 11 is 1.42. The first-order valence-corrected chi connectivity index (χ1v) is 10.9. The van der Waals surface area contributed by atoms with E-state index in [-0.39, 0.29) is 5.91 Å². The predicted molar refractivity (Wildman–Crippen MR) is 119 cm³/mol. The first-order valence-electron chi connectivity index (χ1n) is 9.90. The third kappa shape index (κ3) is 4.59. The smallest absolute Gasteiger partial charge is 0.233 e. The van der Waals surface area contributed by atoms with Crippen molar-refractivity contribution in [3.8, 4) is 11.4 Å². The second kappa shape index (κ2) is 9.21. The van der Waals surface area contributed by atoms with Gasteiger partial charge in [0.15, 0.2) is 5.16 Å². The number of rotatable bonds is 6. The fourth-order valence-electron chi connectivity index (χ4n) is 3.44. The van der Waals surface area contributed by atoms with Crippen molar-refractivity contribution >= 4 is 23.4 Å². The van der Waals surface area contributed by atoms with Crippen LogP contribution in [0, 0.1) is 6.92 Å². The van der Waals surface area contributed by atoms with Crippen LogP contribution >= 0.6 is 11.8 Å². The van der Waals surface area contributed by atoms with Crippen LogP contribution in [0.15, 0.2) is 60.0 Å². The Morgan fingerprint density at radius 3 is 2.57 bits per heavy atom.